The van der Waals surface area contributed by atoms with Crippen LogP contribution in [0.15, 0.2) is 54.6 Å². The first-order chi connectivity index (χ1) is 14.1. The molecule has 2 fully saturated rings. The average Bonchev–Trinajstić information content (AvgIpc) is 3.61. The van der Waals surface area contributed by atoms with Crippen LogP contribution in [0.2, 0.25) is 0 Å². The normalized spacial score (nSPS) is 18.3. The van der Waals surface area contributed by atoms with Crippen LogP contribution >= 0.6 is 0 Å². The molecule has 2 aliphatic rings. The minimum absolute atomic E-state index is 0.215. The summed E-state index contributed by atoms with van der Waals surface area (Å²) in [5, 5.41) is 3.22. The number of nitrogens with zero attached hydrogens (tertiary/aromatic N) is 3. The van der Waals surface area contributed by atoms with Gasteiger partial charge in [-0.15, -0.1) is 0 Å². The van der Waals surface area contributed by atoms with E-state index in [-0.39, 0.29) is 17.9 Å². The van der Waals surface area contributed by atoms with Crippen molar-refractivity contribution in [1.29, 1.82) is 0 Å². The third-order valence-electron chi connectivity index (χ3n) is 6.09. The zero-order valence-electron chi connectivity index (χ0n) is 17.6. The van der Waals surface area contributed by atoms with Gasteiger partial charge >= 0.3 is 0 Å². The largest absolute Gasteiger partial charge is 0.378 e. The number of carbonyl (C=O) groups is 1. The molecule has 1 amide bonds. The SMILES string of the molecule is CN(C)c1ccc([C@H](CNC(=O)C2CC2)N2CCN(c3ccccc3)CC2)cc1. The Kier molecular flexibility index (Phi) is 6.05. The summed E-state index contributed by atoms with van der Waals surface area (Å²) in [6.45, 7) is 4.68. The fraction of sp³-hybridized carbons (Fsp3) is 0.458. The van der Waals surface area contributed by atoms with E-state index in [9.17, 15) is 4.79 Å². The zero-order chi connectivity index (χ0) is 20.2. The Morgan fingerprint density at radius 3 is 2.24 bits per heavy atom. The van der Waals surface area contributed by atoms with Crippen LogP contribution in [0.5, 0.6) is 0 Å². The van der Waals surface area contributed by atoms with Gasteiger partial charge in [0.05, 0.1) is 6.04 Å². The van der Waals surface area contributed by atoms with Gasteiger partial charge in [-0.1, -0.05) is 30.3 Å². The second-order valence-electron chi connectivity index (χ2n) is 8.38. The Bertz CT molecular complexity index is 793. The van der Waals surface area contributed by atoms with Crippen LogP contribution in [0.1, 0.15) is 24.4 Å². The van der Waals surface area contributed by atoms with Gasteiger partial charge in [0.1, 0.15) is 0 Å². The van der Waals surface area contributed by atoms with Crippen LogP contribution in [0.4, 0.5) is 11.4 Å². The molecule has 4 rings (SSSR count). The van der Waals surface area contributed by atoms with Crippen molar-refractivity contribution in [3.63, 3.8) is 0 Å². The highest BCUT2D eigenvalue weighted by Gasteiger charge is 2.31. The first-order valence-corrected chi connectivity index (χ1v) is 10.7. The summed E-state index contributed by atoms with van der Waals surface area (Å²) >= 11 is 0. The fourth-order valence-electron chi connectivity index (χ4n) is 4.07. The van der Waals surface area contributed by atoms with E-state index >= 15 is 0 Å². The molecule has 1 atom stereocenters. The van der Waals surface area contributed by atoms with Crippen molar-refractivity contribution in [2.24, 2.45) is 5.92 Å². The van der Waals surface area contributed by atoms with Gasteiger partial charge in [-0.2, -0.15) is 0 Å². The molecule has 0 unspecified atom stereocenters. The minimum Gasteiger partial charge on any atom is -0.378 e. The molecule has 1 saturated heterocycles. The number of piperazine rings is 1. The third kappa shape index (κ3) is 4.91. The predicted octanol–water partition coefficient (Wildman–Crippen LogP) is 3.14. The number of hydrogen-bond donors (Lipinski definition) is 1. The summed E-state index contributed by atoms with van der Waals surface area (Å²) in [5.41, 5.74) is 3.77. The van der Waals surface area contributed by atoms with E-state index in [0.717, 1.165) is 39.0 Å². The van der Waals surface area contributed by atoms with Gasteiger partial charge in [-0.25, -0.2) is 0 Å². The number of anilines is 2. The quantitative estimate of drug-likeness (QED) is 0.786. The molecule has 2 aromatic rings. The summed E-state index contributed by atoms with van der Waals surface area (Å²) in [6, 6.07) is 19.6. The van der Waals surface area contributed by atoms with E-state index in [1.54, 1.807) is 0 Å². The van der Waals surface area contributed by atoms with Gasteiger partial charge in [0.15, 0.2) is 0 Å². The summed E-state index contributed by atoms with van der Waals surface area (Å²) in [5.74, 6) is 0.476. The van der Waals surface area contributed by atoms with Crippen LogP contribution in [-0.2, 0) is 4.79 Å². The molecule has 29 heavy (non-hydrogen) atoms. The second kappa shape index (κ2) is 8.87. The lowest BCUT2D eigenvalue weighted by atomic mass is 10.0. The van der Waals surface area contributed by atoms with Crippen molar-refractivity contribution in [2.75, 3.05) is 56.6 Å². The van der Waals surface area contributed by atoms with Crippen LogP contribution in [0.3, 0.4) is 0 Å². The molecule has 5 heteroatoms. The molecule has 1 saturated carbocycles. The van der Waals surface area contributed by atoms with Crippen LogP contribution < -0.4 is 15.1 Å². The number of rotatable bonds is 7. The molecule has 1 heterocycles. The second-order valence-corrected chi connectivity index (χ2v) is 8.38. The summed E-state index contributed by atoms with van der Waals surface area (Å²) < 4.78 is 0. The van der Waals surface area contributed by atoms with Crippen molar-refractivity contribution in [3.8, 4) is 0 Å². The van der Waals surface area contributed by atoms with E-state index in [1.807, 2.05) is 0 Å². The molecular formula is C24H32N4O. The van der Waals surface area contributed by atoms with Crippen molar-refractivity contribution < 1.29 is 4.79 Å². The van der Waals surface area contributed by atoms with E-state index in [4.69, 9.17) is 0 Å². The number of nitrogens with one attached hydrogen (secondary N) is 1. The molecule has 154 valence electrons. The Morgan fingerprint density at radius 1 is 1.00 bits per heavy atom. The number of benzene rings is 2. The smallest absolute Gasteiger partial charge is 0.223 e. The lowest BCUT2D eigenvalue weighted by molar-refractivity contribution is -0.122. The number of para-hydroxylation sites is 1. The molecule has 0 spiro atoms. The number of hydrogen-bond acceptors (Lipinski definition) is 4. The molecule has 0 radical (unpaired) electrons. The highest BCUT2D eigenvalue weighted by molar-refractivity contribution is 5.80. The lowest BCUT2D eigenvalue weighted by Gasteiger charge is -2.40. The monoisotopic (exact) mass is 392 g/mol. The van der Waals surface area contributed by atoms with Gasteiger partial charge < -0.3 is 15.1 Å². The fourth-order valence-corrected chi connectivity index (χ4v) is 4.07. The van der Waals surface area contributed by atoms with E-state index in [0.29, 0.717) is 6.54 Å². The summed E-state index contributed by atoms with van der Waals surface area (Å²) in [7, 11) is 4.12. The first kappa shape index (κ1) is 19.8. The van der Waals surface area contributed by atoms with Crippen LogP contribution in [0, 0.1) is 5.92 Å². The van der Waals surface area contributed by atoms with Crippen LogP contribution in [0.25, 0.3) is 0 Å². The van der Waals surface area contributed by atoms with E-state index in [1.165, 1.54) is 16.9 Å². The third-order valence-corrected chi connectivity index (χ3v) is 6.09. The minimum atomic E-state index is 0.215. The maximum atomic E-state index is 12.3. The molecule has 5 nitrogen and oxygen atoms in total. The van der Waals surface area contributed by atoms with Gasteiger partial charge in [0.2, 0.25) is 5.91 Å². The Balaban J connectivity index is 1.45. The Labute approximate surface area is 174 Å². The summed E-state index contributed by atoms with van der Waals surface area (Å²) in [4.78, 5) is 19.4. The lowest BCUT2D eigenvalue weighted by Crippen LogP contribution is -2.50. The molecule has 2 aromatic carbocycles. The molecule has 1 aliphatic carbocycles. The van der Waals surface area contributed by atoms with Crippen molar-refractivity contribution in [2.45, 2.75) is 18.9 Å². The molecule has 1 aliphatic heterocycles. The van der Waals surface area contributed by atoms with E-state index < -0.39 is 0 Å². The van der Waals surface area contributed by atoms with Crippen LogP contribution in [-0.4, -0.2) is 57.6 Å². The van der Waals surface area contributed by atoms with Gasteiger partial charge in [0, 0.05) is 64.1 Å². The van der Waals surface area contributed by atoms with Gasteiger partial charge in [-0.3, -0.25) is 9.69 Å². The molecule has 1 N–H and O–H groups in total. The topological polar surface area (TPSA) is 38.8 Å². The van der Waals surface area contributed by atoms with E-state index in [2.05, 4.69) is 88.7 Å². The Hall–Kier alpha value is -2.53. The number of amides is 1. The average molecular weight is 393 g/mol. The van der Waals surface area contributed by atoms with Crippen molar-refractivity contribution in [3.05, 3.63) is 60.2 Å². The highest BCUT2D eigenvalue weighted by Crippen LogP contribution is 2.30. The van der Waals surface area contributed by atoms with Gasteiger partial charge in [-0.05, 0) is 42.7 Å². The standard InChI is InChI=1S/C24H32N4O/c1-26(2)21-12-10-19(11-13-21)23(18-25-24(29)20-8-9-20)28-16-14-27(15-17-28)22-6-4-3-5-7-22/h3-7,10-13,20,23H,8-9,14-18H2,1-2H3,(H,25,29)/t23-/m0/s1. The zero-order valence-corrected chi connectivity index (χ0v) is 17.6. The molecular weight excluding hydrogens is 360 g/mol. The van der Waals surface area contributed by atoms with Crippen molar-refractivity contribution in [1.82, 2.24) is 10.2 Å². The molecule has 0 bridgehead atoms. The highest BCUT2D eigenvalue weighted by atomic mass is 16.2. The Morgan fingerprint density at radius 2 is 1.66 bits per heavy atom. The maximum Gasteiger partial charge on any atom is 0.223 e. The number of carbonyl (C=O) groups excluding carboxylic acids is 1. The maximum absolute atomic E-state index is 12.3. The summed E-state index contributed by atoms with van der Waals surface area (Å²) in [6.07, 6.45) is 2.09. The molecule has 0 aromatic heterocycles. The predicted molar refractivity (Wildman–Crippen MR) is 119 cm³/mol. The van der Waals surface area contributed by atoms with Gasteiger partial charge in [0.25, 0.3) is 0 Å². The van der Waals surface area contributed by atoms with Crippen molar-refractivity contribution >= 4 is 17.3 Å². The first-order valence-electron chi connectivity index (χ1n) is 10.7.